The van der Waals surface area contributed by atoms with Crippen LogP contribution in [0.5, 0.6) is 0 Å². The van der Waals surface area contributed by atoms with Crippen LogP contribution < -0.4 is 10.4 Å². The molecule has 0 radical (unpaired) electrons. The maximum atomic E-state index is 8.52. The number of hydrogen-bond donors (Lipinski definition) is 0. The van der Waals surface area contributed by atoms with E-state index in [-0.39, 0.29) is 10.4 Å². The van der Waals surface area contributed by atoms with Crippen molar-refractivity contribution in [2.24, 2.45) is 0 Å². The fourth-order valence-electron chi connectivity index (χ4n) is 1.86. The van der Waals surface area contributed by atoms with Crippen molar-refractivity contribution in [3.63, 3.8) is 0 Å². The van der Waals surface area contributed by atoms with Gasteiger partial charge in [-0.25, -0.2) is 4.98 Å². The number of pyridine rings is 1. The number of anilines is 1. The molecule has 3 heterocycles. The van der Waals surface area contributed by atoms with Gasteiger partial charge in [-0.1, -0.05) is 0 Å². The van der Waals surface area contributed by atoms with E-state index in [1.165, 1.54) is 0 Å². The van der Waals surface area contributed by atoms with Crippen molar-refractivity contribution in [3.8, 4) is 0 Å². The molecule has 5 nitrogen and oxygen atoms in total. The summed E-state index contributed by atoms with van der Waals surface area (Å²) in [6, 6.07) is -1.16. The van der Waals surface area contributed by atoms with Gasteiger partial charge in [-0.05, 0) is 45.2 Å². The van der Waals surface area contributed by atoms with Gasteiger partial charge < -0.3 is 18.9 Å². The van der Waals surface area contributed by atoms with Crippen LogP contribution in [-0.4, -0.2) is 49.4 Å². The first-order valence-electron chi connectivity index (χ1n) is 11.9. The first-order chi connectivity index (χ1) is 14.1. The van der Waals surface area contributed by atoms with Crippen LogP contribution in [0.2, 0.25) is 0 Å². The Morgan fingerprint density at radius 3 is 2.76 bits per heavy atom. The molecule has 0 bridgehead atoms. The first kappa shape index (κ1) is 6.56. The topological polar surface area (TPSA) is 43.8 Å². The molecule has 0 aliphatic carbocycles. The third-order valence-electron chi connectivity index (χ3n) is 3.83. The van der Waals surface area contributed by atoms with E-state index in [0.29, 0.717) is 0 Å². The molecule has 0 amide bonds. The predicted molar refractivity (Wildman–Crippen MR) is 83.0 cm³/mol. The molecule has 0 spiro atoms. The van der Waals surface area contributed by atoms with Crippen molar-refractivity contribution in [1.82, 2.24) is 4.98 Å². The van der Waals surface area contributed by atoms with Crippen LogP contribution in [-0.2, 0) is 14.0 Å². The maximum Gasteiger partial charge on any atom is 0.495 e. The molecule has 0 N–H and O–H groups in total. The highest BCUT2D eigenvalue weighted by molar-refractivity contribution is 6.62. The summed E-state index contributed by atoms with van der Waals surface area (Å²) in [7, 11) is -4.56. The van der Waals surface area contributed by atoms with E-state index in [1.807, 2.05) is 0 Å². The largest absolute Gasteiger partial charge is 0.495 e. The van der Waals surface area contributed by atoms with Gasteiger partial charge in [-0.2, -0.15) is 0 Å². The Hall–Kier alpha value is -1.11. The van der Waals surface area contributed by atoms with Crippen LogP contribution in [0.1, 0.15) is 42.8 Å². The third kappa shape index (κ3) is 2.56. The van der Waals surface area contributed by atoms with Gasteiger partial charge in [0.2, 0.25) is 0 Å². The molecule has 0 atom stereocenters. The Bertz CT molecular complexity index is 922. The highest BCUT2D eigenvalue weighted by atomic mass is 16.7. The fourth-order valence-corrected chi connectivity index (χ4v) is 1.86. The molecule has 2 aliphatic rings. The highest BCUT2D eigenvalue weighted by Gasteiger charge is 2.51. The van der Waals surface area contributed by atoms with Crippen molar-refractivity contribution in [2.45, 2.75) is 45.0 Å². The monoisotopic (exact) mass is 301 g/mol. The van der Waals surface area contributed by atoms with Gasteiger partial charge in [0.1, 0.15) is 5.82 Å². The summed E-state index contributed by atoms with van der Waals surface area (Å²) in [6.07, 6.45) is -3.89. The molecular formula is C15H23BN2O3. The van der Waals surface area contributed by atoms with Crippen LogP contribution >= 0.6 is 0 Å². The lowest BCUT2D eigenvalue weighted by molar-refractivity contribution is 0.00578. The highest BCUT2D eigenvalue weighted by Crippen LogP contribution is 2.36. The van der Waals surface area contributed by atoms with Crippen LogP contribution in [0, 0.1) is 0 Å². The zero-order valence-corrected chi connectivity index (χ0v) is 12.2. The molecule has 0 aromatic carbocycles. The Morgan fingerprint density at radius 1 is 1.48 bits per heavy atom. The predicted octanol–water partition coefficient (Wildman–Crippen LogP) is 1.22. The molecule has 3 rings (SSSR count). The van der Waals surface area contributed by atoms with E-state index < -0.39 is 68.5 Å². The van der Waals surface area contributed by atoms with Crippen molar-refractivity contribution >= 4 is 18.4 Å². The Kier molecular flexibility index (Phi) is 1.55. The number of nitrogens with zero attached hydrogens (tertiary/aromatic N) is 2. The summed E-state index contributed by atoms with van der Waals surface area (Å²) in [6.45, 7) is 0.761. The quantitative estimate of drug-likeness (QED) is 0.785. The van der Waals surface area contributed by atoms with E-state index in [2.05, 4.69) is 9.72 Å². The average Bonchev–Trinajstić information content (AvgIpc) is 2.77. The van der Waals surface area contributed by atoms with Gasteiger partial charge in [0, 0.05) is 26.2 Å². The lowest BCUT2D eigenvalue weighted by atomic mass is 9.79. The summed E-state index contributed by atoms with van der Waals surface area (Å²) in [4.78, 5) is 3.97. The summed E-state index contributed by atoms with van der Waals surface area (Å²) in [5.41, 5.74) is -1.97. The molecule has 6 heteroatoms. The molecule has 114 valence electrons. The van der Waals surface area contributed by atoms with E-state index >= 15 is 0 Å². The van der Waals surface area contributed by atoms with E-state index in [0.717, 1.165) is 0 Å². The zero-order chi connectivity index (χ0) is 24.9. The van der Waals surface area contributed by atoms with Crippen LogP contribution in [0.4, 0.5) is 5.82 Å². The van der Waals surface area contributed by atoms with Crippen molar-refractivity contribution in [2.75, 3.05) is 24.9 Å². The molecule has 2 fully saturated rings. The van der Waals surface area contributed by atoms with Gasteiger partial charge in [0.05, 0.1) is 32.4 Å². The van der Waals surface area contributed by atoms with E-state index in [4.69, 9.17) is 24.4 Å². The smallest absolute Gasteiger partial charge is 0.399 e. The normalized spacial score (nSPS) is 38.8. The van der Waals surface area contributed by atoms with Gasteiger partial charge in [-0.3, -0.25) is 0 Å². The van der Waals surface area contributed by atoms with Gasteiger partial charge in [0.15, 0.2) is 0 Å². The third-order valence-corrected chi connectivity index (χ3v) is 3.83. The second kappa shape index (κ2) is 4.97. The minimum atomic E-state index is -3.27. The number of methoxy groups -OCH3 is 1. The van der Waals surface area contributed by atoms with Crippen molar-refractivity contribution in [3.05, 3.63) is 18.3 Å². The van der Waals surface area contributed by atoms with Crippen molar-refractivity contribution in [1.29, 1.82) is 0 Å². The summed E-state index contributed by atoms with van der Waals surface area (Å²) in [5.74, 6) is -0.706. The lowest BCUT2D eigenvalue weighted by Crippen LogP contribution is -2.52. The molecule has 21 heavy (non-hydrogen) atoms. The summed E-state index contributed by atoms with van der Waals surface area (Å²) >= 11 is 0. The Morgan fingerprint density at radius 2 is 2.14 bits per heavy atom. The van der Waals surface area contributed by atoms with Crippen LogP contribution in [0.25, 0.3) is 0 Å². The van der Waals surface area contributed by atoms with Gasteiger partial charge >= 0.3 is 7.12 Å². The van der Waals surface area contributed by atoms with Crippen molar-refractivity contribution < 1.29 is 29.1 Å². The van der Waals surface area contributed by atoms with E-state index in [1.54, 1.807) is 27.7 Å². The first-order valence-corrected chi connectivity index (χ1v) is 6.44. The summed E-state index contributed by atoms with van der Waals surface area (Å²) < 4.78 is 103. The maximum absolute atomic E-state index is 8.52. The molecule has 0 saturated carbocycles. The van der Waals surface area contributed by atoms with Crippen LogP contribution in [0.15, 0.2) is 18.3 Å². The lowest BCUT2D eigenvalue weighted by Gasteiger charge is -2.39. The van der Waals surface area contributed by atoms with Crippen LogP contribution in [0.3, 0.4) is 0 Å². The SMILES string of the molecule is [2H]c1nc(N2C([2H])([2H])C([2H])(OC([2H])([2H])[2H])C2([2H])[2H])c([2H])c(B2OC(C)(C)C(C)(C)O2)c1[2H]. The Balaban J connectivity index is 2.13. The number of rotatable bonds is 3. The second-order valence-electron chi connectivity index (χ2n) is 5.79. The van der Waals surface area contributed by atoms with Gasteiger partial charge in [-0.15, -0.1) is 0 Å². The number of aromatic nitrogens is 1. The molecule has 1 aromatic rings. The molecule has 2 aliphatic heterocycles. The average molecular weight is 301 g/mol. The van der Waals surface area contributed by atoms with E-state index in [9.17, 15) is 0 Å². The number of hydrogen-bond acceptors (Lipinski definition) is 5. The second-order valence-corrected chi connectivity index (χ2v) is 5.79. The zero-order valence-electron chi connectivity index (χ0n) is 23.2. The minimum absolute atomic E-state index is 0.260. The minimum Gasteiger partial charge on any atom is -0.399 e. The number of ether oxygens (including phenoxy) is 1. The molecule has 1 aromatic heterocycles. The Labute approximate surface area is 142 Å². The molecule has 2 saturated heterocycles. The molecular weight excluding hydrogens is 267 g/mol. The fraction of sp³-hybridized carbons (Fsp3) is 0.667. The van der Waals surface area contributed by atoms with Gasteiger partial charge in [0.25, 0.3) is 0 Å². The standard InChI is InChI=1S/C15H23BN2O3/c1-14(2)15(3,4)21-16(20-14)11-6-7-17-13(8-11)18-9-12(10-18)19-5/h6-8,12H,9-10H2,1-5H3/i5D3,6D,7D,8D,9D2,10D2,12D. The molecule has 0 unspecified atom stereocenters. The summed E-state index contributed by atoms with van der Waals surface area (Å²) in [5, 5.41) is 0.